The molecule has 1 aliphatic heterocycles. The van der Waals surface area contributed by atoms with Crippen molar-refractivity contribution in [3.63, 3.8) is 0 Å². The second-order valence-corrected chi connectivity index (χ2v) is 8.20. The second kappa shape index (κ2) is 7.79. The van der Waals surface area contributed by atoms with Gasteiger partial charge in [-0.25, -0.2) is 8.42 Å². The highest BCUT2D eigenvalue weighted by molar-refractivity contribution is 7.92. The Bertz CT molecular complexity index is 938. The van der Waals surface area contributed by atoms with Crippen LogP contribution in [0.2, 0.25) is 0 Å². The van der Waals surface area contributed by atoms with Crippen molar-refractivity contribution in [3.05, 3.63) is 54.1 Å². The van der Waals surface area contributed by atoms with Crippen LogP contribution in [0.15, 0.2) is 48.5 Å². The van der Waals surface area contributed by atoms with Crippen LogP contribution in [0.4, 0.5) is 17.1 Å². The van der Waals surface area contributed by atoms with Gasteiger partial charge in [0.05, 0.1) is 6.26 Å². The molecule has 1 saturated heterocycles. The Kier molecular flexibility index (Phi) is 5.46. The molecule has 0 aromatic heterocycles. The van der Waals surface area contributed by atoms with Gasteiger partial charge in [-0.05, 0) is 61.4 Å². The second-order valence-electron chi connectivity index (χ2n) is 6.46. The molecular weight excluding hydrogens is 366 g/mol. The highest BCUT2D eigenvalue weighted by atomic mass is 32.2. The van der Waals surface area contributed by atoms with Crippen LogP contribution in [0.3, 0.4) is 0 Å². The summed E-state index contributed by atoms with van der Waals surface area (Å²) in [5, 5.41) is 2.79. The van der Waals surface area contributed by atoms with E-state index < -0.39 is 10.0 Å². The largest absolute Gasteiger partial charge is 0.322 e. The van der Waals surface area contributed by atoms with E-state index in [1.54, 1.807) is 29.2 Å². The maximum Gasteiger partial charge on any atom is 0.255 e. The average Bonchev–Trinajstić information content (AvgIpc) is 2.62. The quantitative estimate of drug-likeness (QED) is 0.825. The molecule has 0 spiro atoms. The maximum absolute atomic E-state index is 12.3. The Morgan fingerprint density at radius 1 is 0.963 bits per heavy atom. The zero-order valence-electron chi connectivity index (χ0n) is 14.9. The summed E-state index contributed by atoms with van der Waals surface area (Å²) >= 11 is 0. The fourth-order valence-corrected chi connectivity index (χ4v) is 3.47. The van der Waals surface area contributed by atoms with Gasteiger partial charge in [-0.3, -0.25) is 14.3 Å². The van der Waals surface area contributed by atoms with Crippen molar-refractivity contribution in [1.82, 2.24) is 0 Å². The van der Waals surface area contributed by atoms with E-state index in [0.717, 1.165) is 31.3 Å². The number of nitrogens with zero attached hydrogens (tertiary/aromatic N) is 1. The lowest BCUT2D eigenvalue weighted by Gasteiger charge is -2.26. The third-order valence-electron chi connectivity index (χ3n) is 4.21. The van der Waals surface area contributed by atoms with Gasteiger partial charge in [0.2, 0.25) is 15.9 Å². The van der Waals surface area contributed by atoms with Gasteiger partial charge in [0.1, 0.15) is 0 Å². The van der Waals surface area contributed by atoms with Gasteiger partial charge in [0.25, 0.3) is 5.91 Å². The predicted octanol–water partition coefficient (Wildman–Crippen LogP) is 2.83. The highest BCUT2D eigenvalue weighted by Crippen LogP contribution is 2.23. The number of sulfonamides is 1. The normalized spacial score (nSPS) is 14.7. The maximum atomic E-state index is 12.3. The van der Waals surface area contributed by atoms with Gasteiger partial charge in [-0.15, -0.1) is 0 Å². The molecule has 0 saturated carbocycles. The van der Waals surface area contributed by atoms with Crippen molar-refractivity contribution in [2.45, 2.75) is 19.3 Å². The van der Waals surface area contributed by atoms with Crippen molar-refractivity contribution in [3.8, 4) is 0 Å². The van der Waals surface area contributed by atoms with Crippen LogP contribution >= 0.6 is 0 Å². The monoisotopic (exact) mass is 387 g/mol. The van der Waals surface area contributed by atoms with Crippen molar-refractivity contribution >= 4 is 38.9 Å². The topological polar surface area (TPSA) is 95.6 Å². The van der Waals surface area contributed by atoms with Crippen molar-refractivity contribution in [2.24, 2.45) is 0 Å². The van der Waals surface area contributed by atoms with E-state index in [9.17, 15) is 18.0 Å². The lowest BCUT2D eigenvalue weighted by molar-refractivity contribution is -0.119. The molecule has 7 nitrogen and oxygen atoms in total. The summed E-state index contributed by atoms with van der Waals surface area (Å²) in [6.07, 6.45) is 3.56. The Labute approximate surface area is 158 Å². The third kappa shape index (κ3) is 5.07. The zero-order chi connectivity index (χ0) is 19.4. The van der Waals surface area contributed by atoms with Gasteiger partial charge in [-0.2, -0.15) is 0 Å². The number of rotatable bonds is 5. The predicted molar refractivity (Wildman–Crippen MR) is 106 cm³/mol. The fourth-order valence-electron chi connectivity index (χ4n) is 2.91. The number of hydrogen-bond donors (Lipinski definition) is 2. The van der Waals surface area contributed by atoms with Crippen molar-refractivity contribution in [2.75, 3.05) is 27.7 Å². The molecule has 2 N–H and O–H groups in total. The molecule has 2 aromatic carbocycles. The first-order valence-electron chi connectivity index (χ1n) is 8.61. The van der Waals surface area contributed by atoms with Crippen LogP contribution in [-0.4, -0.2) is 33.0 Å². The van der Waals surface area contributed by atoms with Gasteiger partial charge in [-0.1, -0.05) is 0 Å². The number of hydrogen-bond acceptors (Lipinski definition) is 4. The summed E-state index contributed by atoms with van der Waals surface area (Å²) in [6.45, 7) is 0.721. The first-order valence-corrected chi connectivity index (χ1v) is 10.5. The molecule has 0 atom stereocenters. The Hall–Kier alpha value is -2.87. The molecular formula is C19H21N3O4S. The van der Waals surface area contributed by atoms with Gasteiger partial charge in [0, 0.05) is 35.6 Å². The van der Waals surface area contributed by atoms with E-state index in [1.165, 1.54) is 12.1 Å². The minimum Gasteiger partial charge on any atom is -0.322 e. The molecule has 3 rings (SSSR count). The summed E-state index contributed by atoms with van der Waals surface area (Å²) in [7, 11) is -3.35. The first-order chi connectivity index (χ1) is 12.8. The van der Waals surface area contributed by atoms with Crippen LogP contribution < -0.4 is 14.9 Å². The fraction of sp³-hybridized carbons (Fsp3) is 0.263. The van der Waals surface area contributed by atoms with Crippen LogP contribution in [0.5, 0.6) is 0 Å². The van der Waals surface area contributed by atoms with Crippen LogP contribution in [-0.2, 0) is 14.8 Å². The van der Waals surface area contributed by atoms with Crippen LogP contribution in [0.1, 0.15) is 29.6 Å². The van der Waals surface area contributed by atoms with E-state index in [2.05, 4.69) is 10.0 Å². The molecule has 27 heavy (non-hydrogen) atoms. The summed E-state index contributed by atoms with van der Waals surface area (Å²) in [6, 6.07) is 13.3. The lowest BCUT2D eigenvalue weighted by Crippen LogP contribution is -2.35. The van der Waals surface area contributed by atoms with Gasteiger partial charge < -0.3 is 10.2 Å². The van der Waals surface area contributed by atoms with E-state index in [0.29, 0.717) is 23.4 Å². The van der Waals surface area contributed by atoms with Crippen LogP contribution in [0.25, 0.3) is 0 Å². The summed E-state index contributed by atoms with van der Waals surface area (Å²) < 4.78 is 24.8. The number of carbonyl (C=O) groups excluding carboxylic acids is 2. The smallest absolute Gasteiger partial charge is 0.255 e. The summed E-state index contributed by atoms with van der Waals surface area (Å²) in [4.78, 5) is 26.1. The van der Waals surface area contributed by atoms with E-state index >= 15 is 0 Å². The molecule has 0 aliphatic carbocycles. The SMILES string of the molecule is CS(=O)(=O)Nc1ccc(C(=O)Nc2ccc(N3CCCCC3=O)cc2)cc1. The minimum absolute atomic E-state index is 0.126. The highest BCUT2D eigenvalue weighted by Gasteiger charge is 2.19. The van der Waals surface area contributed by atoms with Crippen molar-refractivity contribution in [1.29, 1.82) is 0 Å². The molecule has 2 aromatic rings. The van der Waals surface area contributed by atoms with Gasteiger partial charge in [0.15, 0.2) is 0 Å². The minimum atomic E-state index is -3.35. The number of nitrogens with one attached hydrogen (secondary N) is 2. The Morgan fingerprint density at radius 2 is 1.59 bits per heavy atom. The van der Waals surface area contributed by atoms with E-state index in [-0.39, 0.29) is 11.8 Å². The van der Waals surface area contributed by atoms with Crippen LogP contribution in [0, 0.1) is 0 Å². The summed E-state index contributed by atoms with van der Waals surface area (Å²) in [5.41, 5.74) is 2.24. The molecule has 0 bridgehead atoms. The lowest BCUT2D eigenvalue weighted by atomic mass is 10.1. The molecule has 142 valence electrons. The van der Waals surface area contributed by atoms with Gasteiger partial charge >= 0.3 is 0 Å². The van der Waals surface area contributed by atoms with E-state index in [1.807, 2.05) is 12.1 Å². The Morgan fingerprint density at radius 3 is 2.19 bits per heavy atom. The molecule has 8 heteroatoms. The summed E-state index contributed by atoms with van der Waals surface area (Å²) in [5.74, 6) is -0.177. The molecule has 0 radical (unpaired) electrons. The van der Waals surface area contributed by atoms with E-state index in [4.69, 9.17) is 0 Å². The number of carbonyl (C=O) groups is 2. The molecule has 1 heterocycles. The average molecular weight is 387 g/mol. The number of piperidine rings is 1. The third-order valence-corrected chi connectivity index (χ3v) is 4.82. The first kappa shape index (κ1) is 18.9. The van der Waals surface area contributed by atoms with Crippen molar-refractivity contribution < 1.29 is 18.0 Å². The number of anilines is 3. The molecule has 1 aliphatic rings. The molecule has 0 unspecified atom stereocenters. The number of benzene rings is 2. The standard InChI is InChI=1S/C19H21N3O4S/c1-27(25,26)21-16-7-5-14(6-8-16)19(24)20-15-9-11-17(12-10-15)22-13-3-2-4-18(22)23/h5-12,21H,2-4,13H2,1H3,(H,20,24). The molecule has 1 fully saturated rings. The number of amides is 2. The molecule has 2 amide bonds. The Balaban J connectivity index is 1.64. The zero-order valence-corrected chi connectivity index (χ0v) is 15.8.